The Kier molecular flexibility index (Phi) is 7.36. The smallest absolute Gasteiger partial charge is 0.169 e. The third kappa shape index (κ3) is 5.44. The molecule has 5 aromatic rings. The highest BCUT2D eigenvalue weighted by molar-refractivity contribution is 5.98. The molecule has 188 valence electrons. The van der Waals surface area contributed by atoms with Crippen molar-refractivity contribution in [3.8, 4) is 28.4 Å². The maximum absolute atomic E-state index is 9.27. The van der Waals surface area contributed by atoms with Gasteiger partial charge in [-0.2, -0.15) is 5.10 Å². The van der Waals surface area contributed by atoms with E-state index in [1.54, 1.807) is 4.68 Å². The lowest BCUT2D eigenvalue weighted by Crippen LogP contribution is -2.29. The summed E-state index contributed by atoms with van der Waals surface area (Å²) in [5.74, 6) is 1.84. The standard InChI is InChI=1S/C28H28N6O3/c29-27-25-26(21-8-12-24(13-9-21)37-23-4-2-1-3-5-23)32-34(28(25)31-19-30-27)22-10-6-20(7-11-22)18-33(14-16-35)15-17-36/h1-13,19,35-36H,14-18H2,(H2,29,30,31). The number of aliphatic hydroxyl groups is 2. The van der Waals surface area contributed by atoms with E-state index in [1.807, 2.05) is 83.8 Å². The summed E-state index contributed by atoms with van der Waals surface area (Å²) in [6.45, 7) is 1.71. The molecule has 0 bridgehead atoms. The van der Waals surface area contributed by atoms with Gasteiger partial charge in [0.15, 0.2) is 5.65 Å². The van der Waals surface area contributed by atoms with E-state index in [2.05, 4.69) is 9.97 Å². The van der Waals surface area contributed by atoms with Crippen molar-refractivity contribution in [3.05, 3.63) is 90.8 Å². The summed E-state index contributed by atoms with van der Waals surface area (Å²) >= 11 is 0. The van der Waals surface area contributed by atoms with Crippen LogP contribution in [0.15, 0.2) is 85.2 Å². The summed E-state index contributed by atoms with van der Waals surface area (Å²) in [6.07, 6.45) is 1.44. The molecule has 2 heterocycles. The van der Waals surface area contributed by atoms with Crippen LogP contribution in [0.2, 0.25) is 0 Å². The van der Waals surface area contributed by atoms with Gasteiger partial charge in [0.1, 0.15) is 29.3 Å². The molecule has 0 radical (unpaired) electrons. The Morgan fingerprint density at radius 3 is 2.16 bits per heavy atom. The third-order valence-electron chi connectivity index (χ3n) is 6.02. The van der Waals surface area contributed by atoms with Crippen molar-refractivity contribution in [2.24, 2.45) is 0 Å². The summed E-state index contributed by atoms with van der Waals surface area (Å²) in [6, 6.07) is 25.2. The van der Waals surface area contributed by atoms with Crippen molar-refractivity contribution >= 4 is 16.9 Å². The van der Waals surface area contributed by atoms with Crippen LogP contribution in [0, 0.1) is 0 Å². The van der Waals surface area contributed by atoms with Crippen LogP contribution in [-0.2, 0) is 6.54 Å². The van der Waals surface area contributed by atoms with Gasteiger partial charge in [-0.05, 0) is 54.1 Å². The van der Waals surface area contributed by atoms with E-state index < -0.39 is 0 Å². The Labute approximate surface area is 214 Å². The maximum atomic E-state index is 9.27. The number of benzene rings is 3. The highest BCUT2D eigenvalue weighted by Crippen LogP contribution is 2.33. The minimum absolute atomic E-state index is 0.0423. The molecular formula is C28H28N6O3. The van der Waals surface area contributed by atoms with Gasteiger partial charge in [-0.1, -0.05) is 30.3 Å². The van der Waals surface area contributed by atoms with E-state index in [1.165, 1.54) is 6.33 Å². The maximum Gasteiger partial charge on any atom is 0.169 e. The highest BCUT2D eigenvalue weighted by atomic mass is 16.5. The predicted octanol–water partition coefficient (Wildman–Crippen LogP) is 3.64. The van der Waals surface area contributed by atoms with Gasteiger partial charge in [0, 0.05) is 25.2 Å². The molecule has 0 unspecified atom stereocenters. The number of aromatic nitrogens is 4. The normalized spacial score (nSPS) is 11.3. The van der Waals surface area contributed by atoms with Gasteiger partial charge in [0.2, 0.25) is 0 Å². The predicted molar refractivity (Wildman–Crippen MR) is 142 cm³/mol. The average Bonchev–Trinajstić information content (AvgIpc) is 3.31. The molecule has 4 N–H and O–H groups in total. The second kappa shape index (κ2) is 11.2. The van der Waals surface area contributed by atoms with Crippen LogP contribution in [-0.4, -0.2) is 61.2 Å². The quantitative estimate of drug-likeness (QED) is 0.268. The number of para-hydroxylation sites is 1. The largest absolute Gasteiger partial charge is 0.457 e. The fourth-order valence-corrected chi connectivity index (χ4v) is 4.22. The van der Waals surface area contributed by atoms with Crippen LogP contribution in [0.3, 0.4) is 0 Å². The van der Waals surface area contributed by atoms with Crippen molar-refractivity contribution in [3.63, 3.8) is 0 Å². The van der Waals surface area contributed by atoms with Crippen LogP contribution in [0.4, 0.5) is 5.82 Å². The number of anilines is 1. The molecule has 0 atom stereocenters. The molecule has 37 heavy (non-hydrogen) atoms. The number of ether oxygens (including phenoxy) is 1. The molecule has 3 aromatic carbocycles. The Morgan fingerprint density at radius 2 is 1.49 bits per heavy atom. The summed E-state index contributed by atoms with van der Waals surface area (Å²) in [4.78, 5) is 10.7. The molecule has 0 saturated carbocycles. The van der Waals surface area contributed by atoms with Crippen molar-refractivity contribution in [2.45, 2.75) is 6.54 Å². The van der Waals surface area contributed by atoms with Crippen molar-refractivity contribution in [1.82, 2.24) is 24.6 Å². The van der Waals surface area contributed by atoms with E-state index in [-0.39, 0.29) is 13.2 Å². The zero-order valence-corrected chi connectivity index (χ0v) is 20.2. The average molecular weight is 497 g/mol. The fourth-order valence-electron chi connectivity index (χ4n) is 4.22. The number of nitrogen functional groups attached to an aromatic ring is 1. The molecule has 5 rings (SSSR count). The lowest BCUT2D eigenvalue weighted by Gasteiger charge is -2.20. The molecule has 9 heteroatoms. The van der Waals surface area contributed by atoms with E-state index in [0.717, 1.165) is 28.3 Å². The minimum atomic E-state index is 0.0423. The number of hydrogen-bond acceptors (Lipinski definition) is 8. The molecule has 9 nitrogen and oxygen atoms in total. The molecule has 0 aliphatic heterocycles. The van der Waals surface area contributed by atoms with E-state index in [4.69, 9.17) is 15.6 Å². The number of rotatable bonds is 10. The van der Waals surface area contributed by atoms with E-state index in [9.17, 15) is 10.2 Å². The number of nitrogens with two attached hydrogens (primary N) is 1. The van der Waals surface area contributed by atoms with Crippen molar-refractivity contribution < 1.29 is 14.9 Å². The zero-order chi connectivity index (χ0) is 25.6. The number of hydrogen-bond donors (Lipinski definition) is 3. The van der Waals surface area contributed by atoms with Crippen LogP contribution in [0.25, 0.3) is 28.0 Å². The zero-order valence-electron chi connectivity index (χ0n) is 20.2. The molecule has 0 amide bonds. The monoisotopic (exact) mass is 496 g/mol. The number of nitrogens with zero attached hydrogens (tertiary/aromatic N) is 5. The van der Waals surface area contributed by atoms with Crippen LogP contribution < -0.4 is 10.5 Å². The SMILES string of the molecule is Nc1ncnc2c1c(-c1ccc(Oc3ccccc3)cc1)nn2-c1ccc(CN(CCO)CCO)cc1. The van der Waals surface area contributed by atoms with E-state index in [0.29, 0.717) is 42.2 Å². The first kappa shape index (κ1) is 24.4. The Balaban J connectivity index is 1.45. The molecule has 0 aliphatic carbocycles. The minimum Gasteiger partial charge on any atom is -0.457 e. The van der Waals surface area contributed by atoms with Gasteiger partial charge < -0.3 is 20.7 Å². The molecule has 0 spiro atoms. The summed E-state index contributed by atoms with van der Waals surface area (Å²) in [5.41, 5.74) is 10.3. The van der Waals surface area contributed by atoms with Crippen molar-refractivity contribution in [1.29, 1.82) is 0 Å². The van der Waals surface area contributed by atoms with Crippen LogP contribution in [0.5, 0.6) is 11.5 Å². The topological polar surface area (TPSA) is 123 Å². The van der Waals surface area contributed by atoms with Crippen LogP contribution >= 0.6 is 0 Å². The van der Waals surface area contributed by atoms with Crippen LogP contribution in [0.1, 0.15) is 5.56 Å². The highest BCUT2D eigenvalue weighted by Gasteiger charge is 2.18. The van der Waals surface area contributed by atoms with Crippen molar-refractivity contribution in [2.75, 3.05) is 32.0 Å². The second-order valence-corrected chi connectivity index (χ2v) is 8.55. The fraction of sp³-hybridized carbons (Fsp3) is 0.179. The Bertz CT molecular complexity index is 1450. The van der Waals surface area contributed by atoms with Gasteiger partial charge in [-0.3, -0.25) is 4.90 Å². The van der Waals surface area contributed by atoms with Gasteiger partial charge in [-0.25, -0.2) is 14.6 Å². The first-order valence-electron chi connectivity index (χ1n) is 12.0. The summed E-state index contributed by atoms with van der Waals surface area (Å²) in [5, 5.41) is 24.1. The molecular weight excluding hydrogens is 468 g/mol. The summed E-state index contributed by atoms with van der Waals surface area (Å²) in [7, 11) is 0. The summed E-state index contributed by atoms with van der Waals surface area (Å²) < 4.78 is 7.68. The third-order valence-corrected chi connectivity index (χ3v) is 6.02. The Hall–Kier alpha value is -4.31. The number of aliphatic hydroxyl groups excluding tert-OH is 2. The molecule has 0 aliphatic rings. The lowest BCUT2D eigenvalue weighted by atomic mass is 10.1. The first-order valence-corrected chi connectivity index (χ1v) is 12.0. The number of fused-ring (bicyclic) bond motifs is 1. The lowest BCUT2D eigenvalue weighted by molar-refractivity contribution is 0.156. The van der Waals surface area contributed by atoms with Gasteiger partial charge in [0.25, 0.3) is 0 Å². The van der Waals surface area contributed by atoms with Gasteiger partial charge in [0.05, 0.1) is 24.3 Å². The molecule has 2 aromatic heterocycles. The first-order chi connectivity index (χ1) is 18.2. The molecule has 0 saturated heterocycles. The van der Waals surface area contributed by atoms with E-state index >= 15 is 0 Å². The second-order valence-electron chi connectivity index (χ2n) is 8.55. The Morgan fingerprint density at radius 1 is 0.811 bits per heavy atom. The van der Waals surface area contributed by atoms with Gasteiger partial charge >= 0.3 is 0 Å². The van der Waals surface area contributed by atoms with Gasteiger partial charge in [-0.15, -0.1) is 0 Å². The molecule has 0 fully saturated rings.